The Kier molecular flexibility index (Phi) is 5.95. The first-order valence-corrected chi connectivity index (χ1v) is 7.36. The summed E-state index contributed by atoms with van der Waals surface area (Å²) in [6, 6.07) is 15.8. The lowest BCUT2D eigenvalue weighted by Gasteiger charge is -2.20. The van der Waals surface area contributed by atoms with Crippen LogP contribution in [0.15, 0.2) is 48.5 Å². The molecule has 0 fully saturated rings. The van der Waals surface area contributed by atoms with Gasteiger partial charge in [0.15, 0.2) is 0 Å². The molecule has 118 valence electrons. The number of methoxy groups -OCH3 is 1. The lowest BCUT2D eigenvalue weighted by molar-refractivity contribution is 0.115. The second kappa shape index (κ2) is 7.94. The molecule has 0 saturated carbocycles. The summed E-state index contributed by atoms with van der Waals surface area (Å²) in [5.41, 5.74) is 3.09. The highest BCUT2D eigenvalue weighted by atomic mass is 16.5. The number of rotatable bonds is 7. The number of hydrogen-bond donors (Lipinski definition) is 2. The van der Waals surface area contributed by atoms with Gasteiger partial charge in [-0.15, -0.1) is 0 Å². The molecule has 0 radical (unpaired) electrons. The van der Waals surface area contributed by atoms with Gasteiger partial charge >= 0.3 is 0 Å². The minimum atomic E-state index is -0.554. The van der Waals surface area contributed by atoms with Gasteiger partial charge in [0.05, 0.1) is 19.8 Å². The maximum Gasteiger partial charge on any atom is 0.118 e. The second-order valence-corrected chi connectivity index (χ2v) is 5.35. The van der Waals surface area contributed by atoms with Crippen LogP contribution in [-0.2, 0) is 0 Å². The van der Waals surface area contributed by atoms with Gasteiger partial charge in [0.25, 0.3) is 0 Å². The Labute approximate surface area is 131 Å². The molecule has 0 aliphatic heterocycles. The number of ether oxygens (including phenoxy) is 1. The lowest BCUT2D eigenvalue weighted by atomic mass is 10.0. The van der Waals surface area contributed by atoms with Gasteiger partial charge in [-0.05, 0) is 35.9 Å². The van der Waals surface area contributed by atoms with Crippen molar-refractivity contribution in [3.05, 3.63) is 54.1 Å². The van der Waals surface area contributed by atoms with E-state index in [1.165, 1.54) is 0 Å². The summed E-state index contributed by atoms with van der Waals surface area (Å²) in [6.45, 7) is 1.16. The molecule has 1 unspecified atom stereocenters. The van der Waals surface area contributed by atoms with Gasteiger partial charge in [-0.25, -0.2) is 0 Å². The second-order valence-electron chi connectivity index (χ2n) is 5.35. The summed E-state index contributed by atoms with van der Waals surface area (Å²) in [4.78, 5) is 1.90. The van der Waals surface area contributed by atoms with Gasteiger partial charge < -0.3 is 19.8 Å². The summed E-state index contributed by atoms with van der Waals surface area (Å²) in [6.07, 6.45) is -0.554. The van der Waals surface area contributed by atoms with Gasteiger partial charge in [-0.2, -0.15) is 0 Å². The van der Waals surface area contributed by atoms with E-state index >= 15 is 0 Å². The molecule has 2 N–H and O–H groups in total. The van der Waals surface area contributed by atoms with Crippen LogP contribution in [0, 0.1) is 0 Å². The van der Waals surface area contributed by atoms with Crippen LogP contribution < -0.4 is 4.74 Å². The highest BCUT2D eigenvalue weighted by molar-refractivity contribution is 5.64. The Morgan fingerprint density at radius 2 is 1.55 bits per heavy atom. The van der Waals surface area contributed by atoms with Crippen molar-refractivity contribution in [1.82, 2.24) is 4.90 Å². The quantitative estimate of drug-likeness (QED) is 0.824. The van der Waals surface area contributed by atoms with Crippen LogP contribution in [0.3, 0.4) is 0 Å². The fourth-order valence-electron chi connectivity index (χ4n) is 2.34. The van der Waals surface area contributed by atoms with Crippen molar-refractivity contribution in [3.63, 3.8) is 0 Å². The van der Waals surface area contributed by atoms with E-state index in [-0.39, 0.29) is 6.61 Å². The van der Waals surface area contributed by atoms with E-state index in [1.807, 2.05) is 60.5 Å². The molecule has 22 heavy (non-hydrogen) atoms. The van der Waals surface area contributed by atoms with Crippen LogP contribution in [0.5, 0.6) is 5.75 Å². The molecule has 0 heterocycles. The van der Waals surface area contributed by atoms with E-state index in [4.69, 9.17) is 9.84 Å². The van der Waals surface area contributed by atoms with Crippen LogP contribution in [0.2, 0.25) is 0 Å². The lowest BCUT2D eigenvalue weighted by Crippen LogP contribution is -2.27. The summed E-state index contributed by atoms with van der Waals surface area (Å²) < 4.78 is 5.16. The van der Waals surface area contributed by atoms with Crippen molar-refractivity contribution in [2.24, 2.45) is 0 Å². The largest absolute Gasteiger partial charge is 0.497 e. The molecule has 0 aromatic heterocycles. The number of benzene rings is 2. The van der Waals surface area contributed by atoms with Gasteiger partial charge in [0.2, 0.25) is 0 Å². The number of aliphatic hydroxyl groups excluding tert-OH is 2. The molecular formula is C18H23NO3. The average molecular weight is 301 g/mol. The Bertz CT molecular complexity index is 566. The molecular weight excluding hydrogens is 278 g/mol. The molecule has 0 amide bonds. The predicted octanol–water partition coefficient (Wildman–Crippen LogP) is 2.32. The van der Waals surface area contributed by atoms with Crippen molar-refractivity contribution in [1.29, 1.82) is 0 Å². The van der Waals surface area contributed by atoms with E-state index in [2.05, 4.69) is 0 Å². The van der Waals surface area contributed by atoms with Crippen molar-refractivity contribution < 1.29 is 14.9 Å². The maximum atomic E-state index is 10.2. The van der Waals surface area contributed by atoms with E-state index in [9.17, 15) is 5.11 Å². The van der Waals surface area contributed by atoms with Crippen molar-refractivity contribution in [2.45, 2.75) is 6.10 Å². The zero-order valence-electron chi connectivity index (χ0n) is 13.1. The molecule has 4 heteroatoms. The first-order valence-electron chi connectivity index (χ1n) is 7.36. The highest BCUT2D eigenvalue weighted by Crippen LogP contribution is 2.24. The van der Waals surface area contributed by atoms with Crippen LogP contribution in [0.4, 0.5) is 0 Å². The molecule has 0 aliphatic carbocycles. The normalized spacial score (nSPS) is 12.4. The third kappa shape index (κ3) is 4.31. The van der Waals surface area contributed by atoms with Crippen LogP contribution in [-0.4, -0.2) is 49.0 Å². The average Bonchev–Trinajstić information content (AvgIpc) is 2.55. The fourth-order valence-corrected chi connectivity index (χ4v) is 2.34. The summed E-state index contributed by atoms with van der Waals surface area (Å²) in [5, 5.41) is 19.1. The predicted molar refractivity (Wildman–Crippen MR) is 88.0 cm³/mol. The van der Waals surface area contributed by atoms with Crippen LogP contribution in [0.25, 0.3) is 11.1 Å². The zero-order valence-corrected chi connectivity index (χ0v) is 13.1. The summed E-state index contributed by atoms with van der Waals surface area (Å²) in [5.74, 6) is 0.836. The molecule has 0 aliphatic rings. The van der Waals surface area contributed by atoms with Crippen molar-refractivity contribution in [2.75, 3.05) is 33.9 Å². The van der Waals surface area contributed by atoms with E-state index < -0.39 is 6.10 Å². The Morgan fingerprint density at radius 1 is 1.00 bits per heavy atom. The minimum absolute atomic E-state index is 0.0969. The first kappa shape index (κ1) is 16.5. The van der Waals surface area contributed by atoms with Crippen LogP contribution >= 0.6 is 0 Å². The monoisotopic (exact) mass is 301 g/mol. The van der Waals surface area contributed by atoms with Crippen molar-refractivity contribution in [3.8, 4) is 16.9 Å². The number of hydrogen-bond acceptors (Lipinski definition) is 4. The van der Waals surface area contributed by atoms with Gasteiger partial charge in [-0.1, -0.05) is 36.4 Å². The highest BCUT2D eigenvalue weighted by Gasteiger charge is 2.10. The van der Waals surface area contributed by atoms with Crippen LogP contribution in [0.1, 0.15) is 11.7 Å². The van der Waals surface area contributed by atoms with E-state index in [0.717, 1.165) is 22.4 Å². The number of likely N-dealkylation sites (N-methyl/N-ethyl adjacent to an activating group) is 1. The molecule has 2 rings (SSSR count). The van der Waals surface area contributed by atoms with Gasteiger partial charge in [0.1, 0.15) is 5.75 Å². The fraction of sp³-hybridized carbons (Fsp3) is 0.333. The smallest absolute Gasteiger partial charge is 0.118 e. The third-order valence-electron chi connectivity index (χ3n) is 3.69. The molecule has 1 atom stereocenters. The third-order valence-corrected chi connectivity index (χ3v) is 3.69. The summed E-state index contributed by atoms with van der Waals surface area (Å²) in [7, 11) is 3.53. The van der Waals surface area contributed by atoms with E-state index in [0.29, 0.717) is 13.1 Å². The van der Waals surface area contributed by atoms with Gasteiger partial charge in [0, 0.05) is 13.1 Å². The van der Waals surface area contributed by atoms with Crippen molar-refractivity contribution >= 4 is 0 Å². The molecule has 2 aromatic rings. The molecule has 0 spiro atoms. The first-order chi connectivity index (χ1) is 10.6. The van der Waals surface area contributed by atoms with E-state index in [1.54, 1.807) is 7.11 Å². The Balaban J connectivity index is 2.05. The topological polar surface area (TPSA) is 52.9 Å². The maximum absolute atomic E-state index is 10.2. The number of nitrogens with zero attached hydrogens (tertiary/aromatic N) is 1. The zero-order chi connectivity index (χ0) is 15.9. The Morgan fingerprint density at radius 3 is 2.05 bits per heavy atom. The number of aliphatic hydroxyl groups is 2. The standard InChI is InChI=1S/C18H23NO3/c1-19(11-12-20)13-18(21)16-5-3-14(4-6-16)15-7-9-17(22-2)10-8-15/h3-10,18,20-21H,11-13H2,1-2H3. The molecule has 4 nitrogen and oxygen atoms in total. The summed E-state index contributed by atoms with van der Waals surface area (Å²) >= 11 is 0. The molecule has 2 aromatic carbocycles. The minimum Gasteiger partial charge on any atom is -0.497 e. The SMILES string of the molecule is COc1ccc(-c2ccc(C(O)CN(C)CCO)cc2)cc1. The Hall–Kier alpha value is -1.88. The van der Waals surface area contributed by atoms with Gasteiger partial charge in [-0.3, -0.25) is 0 Å². The molecule has 0 saturated heterocycles. The molecule has 0 bridgehead atoms.